The third-order valence-electron chi connectivity index (χ3n) is 19.8. The molecule has 12 aromatic rings. The number of nitrogens with zero attached hydrogens (tertiary/aromatic N) is 6. The van der Waals surface area contributed by atoms with Gasteiger partial charge in [-0.2, -0.15) is 0 Å². The predicted molar refractivity (Wildman–Crippen MR) is 426 cm³/mol. The fraction of sp³-hybridized carbons (Fsp3) is 0.312. The lowest BCUT2D eigenvalue weighted by molar-refractivity contribution is 0.184. The average Bonchev–Trinajstić information content (AvgIpc) is 1.75. The van der Waals surface area contributed by atoms with Gasteiger partial charge in [0.2, 0.25) is 0 Å². The molecule has 0 atom stereocenters. The fourth-order valence-electron chi connectivity index (χ4n) is 14.8. The number of halogens is 5. The number of methoxy groups -OCH3 is 1. The molecule has 0 N–H and O–H groups in total. The predicted octanol–water partition coefficient (Wildman–Crippen LogP) is 26.4. The molecular weight excluding hydrogens is 1310 g/mol. The molecule has 0 radical (unpaired) electrons. The molecule has 0 spiro atoms. The van der Waals surface area contributed by atoms with Crippen LogP contribution in [0.15, 0.2) is 206 Å². The minimum absolute atomic E-state index is 0.115. The SMILES string of the molecule is CC1=C(c2ccc(F)c(C)c2)CC(C)(C)CC1(C)C.COCc1c(C)nc(C(C)C)c(C)c1-c1ccc(F)cc1.Cc1c(-c2ccc(F)cc2)c2ccccc2n1C(C)C.Cc1c(-c2ccc(F)cc2)nc(-c2ccccc2)nc1C(C)C.Cc1c(C(C)C)nc(-c2ccccc2)n1-c1ccc(F)cc1. The maximum absolute atomic E-state index is 13.5. The van der Waals surface area contributed by atoms with Crippen LogP contribution in [-0.4, -0.2) is 36.2 Å². The summed E-state index contributed by atoms with van der Waals surface area (Å²) in [4.78, 5) is 19.1. The normalized spacial score (nSPS) is 13.1. The number of imidazole rings is 1. The van der Waals surface area contributed by atoms with Crippen LogP contribution in [0.1, 0.15) is 189 Å². The lowest BCUT2D eigenvalue weighted by atomic mass is 9.62. The van der Waals surface area contributed by atoms with Gasteiger partial charge in [-0.05, 0) is 239 Å². The molecule has 1 aliphatic rings. The van der Waals surface area contributed by atoms with Crippen molar-refractivity contribution in [2.24, 2.45) is 10.8 Å². The lowest BCUT2D eigenvalue weighted by Gasteiger charge is -2.43. The van der Waals surface area contributed by atoms with Crippen molar-refractivity contribution in [2.45, 2.75) is 175 Å². The molecule has 13 rings (SSSR count). The highest BCUT2D eigenvalue weighted by Gasteiger charge is 2.37. The van der Waals surface area contributed by atoms with Crippen molar-refractivity contribution in [3.63, 3.8) is 0 Å². The Morgan fingerprint density at radius 1 is 0.457 bits per heavy atom. The molecule has 0 saturated heterocycles. The molecule has 105 heavy (non-hydrogen) atoms. The molecule has 12 heteroatoms. The number of ether oxygens (including phenoxy) is 1. The molecule has 0 saturated carbocycles. The van der Waals surface area contributed by atoms with E-state index in [0.29, 0.717) is 41.6 Å². The molecule has 4 heterocycles. The van der Waals surface area contributed by atoms with Crippen molar-refractivity contribution in [3.05, 3.63) is 297 Å². The summed E-state index contributed by atoms with van der Waals surface area (Å²) in [6.45, 7) is 41.4. The summed E-state index contributed by atoms with van der Waals surface area (Å²) in [5.74, 6) is 1.57. The van der Waals surface area contributed by atoms with Crippen LogP contribution in [0.4, 0.5) is 22.0 Å². The molecule has 8 aromatic carbocycles. The number of allylic oxidation sites excluding steroid dienone is 2. The van der Waals surface area contributed by atoms with E-state index in [9.17, 15) is 22.0 Å². The Labute approximate surface area is 620 Å². The minimum atomic E-state index is -0.243. The molecule has 0 fully saturated rings. The minimum Gasteiger partial charge on any atom is -0.380 e. The monoisotopic (exact) mass is 1410 g/mol. The van der Waals surface area contributed by atoms with Crippen molar-refractivity contribution in [1.82, 2.24) is 29.1 Å². The first-order valence-corrected chi connectivity index (χ1v) is 36.5. The largest absolute Gasteiger partial charge is 0.380 e. The number of para-hydroxylation sites is 1. The number of benzene rings is 8. The van der Waals surface area contributed by atoms with Gasteiger partial charge in [-0.15, -0.1) is 0 Å². The number of aryl methyl sites for hydroxylation is 2. The highest BCUT2D eigenvalue weighted by molar-refractivity contribution is 5.98. The van der Waals surface area contributed by atoms with Gasteiger partial charge in [0.1, 0.15) is 34.9 Å². The fourth-order valence-corrected chi connectivity index (χ4v) is 14.8. The summed E-state index contributed by atoms with van der Waals surface area (Å²) in [5, 5.41) is 1.23. The Kier molecular flexibility index (Phi) is 25.9. The van der Waals surface area contributed by atoms with Gasteiger partial charge < -0.3 is 9.30 Å². The summed E-state index contributed by atoms with van der Waals surface area (Å²) < 4.78 is 76.0. The van der Waals surface area contributed by atoms with Crippen molar-refractivity contribution < 1.29 is 26.7 Å². The van der Waals surface area contributed by atoms with Gasteiger partial charge in [0.25, 0.3) is 0 Å². The van der Waals surface area contributed by atoms with Crippen molar-refractivity contribution >= 4 is 16.5 Å². The maximum Gasteiger partial charge on any atom is 0.160 e. The van der Waals surface area contributed by atoms with Crippen LogP contribution in [0.5, 0.6) is 0 Å². The van der Waals surface area contributed by atoms with Gasteiger partial charge in [-0.25, -0.2) is 36.9 Å². The van der Waals surface area contributed by atoms with Crippen LogP contribution < -0.4 is 0 Å². The number of pyridine rings is 1. The smallest absolute Gasteiger partial charge is 0.160 e. The van der Waals surface area contributed by atoms with Crippen LogP contribution in [0.3, 0.4) is 0 Å². The van der Waals surface area contributed by atoms with E-state index >= 15 is 0 Å². The Morgan fingerprint density at radius 2 is 0.933 bits per heavy atom. The van der Waals surface area contributed by atoms with E-state index in [-0.39, 0.29) is 34.5 Å². The number of hydrogen-bond acceptors (Lipinski definition) is 5. The van der Waals surface area contributed by atoms with Gasteiger partial charge in [0, 0.05) is 80.3 Å². The zero-order valence-corrected chi connectivity index (χ0v) is 65.0. The molecular formula is C93H103F5N6O. The van der Waals surface area contributed by atoms with Crippen LogP contribution in [0.25, 0.3) is 78.5 Å². The van der Waals surface area contributed by atoms with E-state index in [0.717, 1.165) is 108 Å². The van der Waals surface area contributed by atoms with Crippen molar-refractivity contribution in [3.8, 4) is 62.0 Å². The third-order valence-corrected chi connectivity index (χ3v) is 19.8. The molecule has 0 bridgehead atoms. The Hall–Kier alpha value is -9.91. The van der Waals surface area contributed by atoms with E-state index in [1.165, 1.54) is 93.8 Å². The van der Waals surface area contributed by atoms with Gasteiger partial charge >= 0.3 is 0 Å². The van der Waals surface area contributed by atoms with Crippen molar-refractivity contribution in [2.75, 3.05) is 7.11 Å². The lowest BCUT2D eigenvalue weighted by Crippen LogP contribution is -2.30. The topological polar surface area (TPSA) is 70.7 Å². The van der Waals surface area contributed by atoms with E-state index in [4.69, 9.17) is 24.7 Å². The van der Waals surface area contributed by atoms with E-state index in [1.54, 1.807) is 37.4 Å². The Morgan fingerprint density at radius 3 is 1.45 bits per heavy atom. The zero-order chi connectivity index (χ0) is 76.4. The van der Waals surface area contributed by atoms with Crippen LogP contribution in [0, 0.1) is 81.5 Å². The maximum atomic E-state index is 13.5. The summed E-state index contributed by atoms with van der Waals surface area (Å²) in [5.41, 5.74) is 25.5. The molecule has 0 amide bonds. The molecule has 4 aromatic heterocycles. The van der Waals surface area contributed by atoms with E-state index in [1.807, 2.05) is 118 Å². The number of aromatic nitrogens is 6. The van der Waals surface area contributed by atoms with Gasteiger partial charge in [0.15, 0.2) is 5.82 Å². The summed E-state index contributed by atoms with van der Waals surface area (Å²) in [7, 11) is 1.68. The molecule has 546 valence electrons. The first-order chi connectivity index (χ1) is 49.8. The van der Waals surface area contributed by atoms with Gasteiger partial charge in [0.05, 0.1) is 23.7 Å². The second-order valence-corrected chi connectivity index (χ2v) is 30.2. The highest BCUT2D eigenvalue weighted by Crippen LogP contribution is 2.52. The number of hydrogen-bond donors (Lipinski definition) is 0. The van der Waals surface area contributed by atoms with Crippen LogP contribution in [-0.2, 0) is 11.3 Å². The van der Waals surface area contributed by atoms with E-state index in [2.05, 4.69) is 144 Å². The number of fused-ring (bicyclic) bond motifs is 1. The summed E-state index contributed by atoms with van der Waals surface area (Å²) in [6.07, 6.45) is 2.28. The quantitative estimate of drug-likeness (QED) is 0.108. The Balaban J connectivity index is 0.000000152. The highest BCUT2D eigenvalue weighted by atomic mass is 19.1. The van der Waals surface area contributed by atoms with Crippen molar-refractivity contribution in [1.29, 1.82) is 0 Å². The first kappa shape index (κ1) is 79.2. The van der Waals surface area contributed by atoms with Gasteiger partial charge in [-0.3, -0.25) is 9.55 Å². The average molecular weight is 1420 g/mol. The third kappa shape index (κ3) is 18.8. The summed E-state index contributed by atoms with van der Waals surface area (Å²) >= 11 is 0. The molecule has 1 aliphatic carbocycles. The van der Waals surface area contributed by atoms with E-state index < -0.39 is 0 Å². The summed E-state index contributed by atoms with van der Waals surface area (Å²) in [6, 6.07) is 60.8. The van der Waals surface area contributed by atoms with Crippen LogP contribution in [0.2, 0.25) is 0 Å². The second-order valence-electron chi connectivity index (χ2n) is 30.2. The second kappa shape index (κ2) is 34.3. The first-order valence-electron chi connectivity index (χ1n) is 36.5. The Bertz CT molecular complexity index is 4950. The standard InChI is InChI=1S/C20H19FN2.C19H19FN2.C18H22FNO.C18H18FN.C18H25F/c1-13(2)18-14(3)19(15-9-11-17(21)12-10-15)23-20(22-18)16-7-5-4-6-8-16;1-13(2)18-14(3)22(17-11-9-16(20)10-12-17)19(21-18)15-7-5-4-6-8-15;1-11(2)18-12(3)17(14-6-8-15(19)9-7-14)16(10-21-5)13(4)20-18;1-12(2)20-13(3)18(14-8-10-15(19)11-9-14)16-6-4-5-7-17(16)20;1-12-9-14(7-8-16(12)19)15-10-17(3,4)11-18(5,6)13(15)2/h4-13H,1-3H3;4-13H,1-3H3;6-9,11H,10H2,1-5H3;4-12H,1-3H3;7-9H,10-11H2,1-6H3. The van der Waals surface area contributed by atoms with Crippen LogP contribution >= 0.6 is 0 Å². The molecule has 0 aliphatic heterocycles. The zero-order valence-electron chi connectivity index (χ0n) is 65.0. The molecule has 0 unspecified atom stereocenters. The number of rotatable bonds is 13. The molecule has 7 nitrogen and oxygen atoms in total. The van der Waals surface area contributed by atoms with Gasteiger partial charge in [-0.1, -0.05) is 184 Å².